The molecule has 0 fully saturated rings. The molecule has 0 saturated heterocycles. The van der Waals surface area contributed by atoms with Gasteiger partial charge in [0.2, 0.25) is 0 Å². The van der Waals surface area contributed by atoms with Crippen LogP contribution in [0.15, 0.2) is 12.1 Å². The van der Waals surface area contributed by atoms with Crippen molar-refractivity contribution < 1.29 is 14.3 Å². The maximum atomic E-state index is 14.1. The number of rotatable bonds is 1. The number of aromatic nitrogens is 2. The number of carbonyl (C=O) groups is 1. The van der Waals surface area contributed by atoms with Crippen LogP contribution in [0.25, 0.3) is 5.52 Å². The highest BCUT2D eigenvalue weighted by Crippen LogP contribution is 2.46. The van der Waals surface area contributed by atoms with Crippen LogP contribution < -0.4 is 0 Å². The molecular weight excluding hydrogens is 247 g/mol. The van der Waals surface area contributed by atoms with Crippen LogP contribution in [0.2, 0.25) is 0 Å². The lowest BCUT2D eigenvalue weighted by Gasteiger charge is -2.19. The third-order valence-electron chi connectivity index (χ3n) is 3.87. The third-order valence-corrected chi connectivity index (χ3v) is 3.87. The van der Waals surface area contributed by atoms with E-state index in [1.54, 1.807) is 17.5 Å². The monoisotopic (exact) mass is 262 g/mol. The first-order valence-corrected chi connectivity index (χ1v) is 6.23. The van der Waals surface area contributed by atoms with Gasteiger partial charge in [0.15, 0.2) is 0 Å². The van der Waals surface area contributed by atoms with Crippen molar-refractivity contribution in [1.82, 2.24) is 9.61 Å². The predicted octanol–water partition coefficient (Wildman–Crippen LogP) is 2.63. The molecule has 1 N–H and O–H groups in total. The number of halogens is 1. The molecule has 0 spiro atoms. The Kier molecular flexibility index (Phi) is 2.27. The zero-order chi connectivity index (χ0) is 13.9. The van der Waals surface area contributed by atoms with E-state index < -0.39 is 17.7 Å². The second-order valence-electron chi connectivity index (χ2n) is 5.86. The van der Waals surface area contributed by atoms with Gasteiger partial charge in [0.1, 0.15) is 11.3 Å². The lowest BCUT2D eigenvalue weighted by Crippen LogP contribution is -2.18. The SMILES string of the molecule is Cc1cc2c(F)cc3c(n2n1)C(C)(C)CC3C(=O)O. The molecule has 2 aromatic heterocycles. The van der Waals surface area contributed by atoms with Gasteiger partial charge in [0, 0.05) is 5.41 Å². The van der Waals surface area contributed by atoms with Gasteiger partial charge in [0.05, 0.1) is 17.3 Å². The molecule has 3 rings (SSSR count). The summed E-state index contributed by atoms with van der Waals surface area (Å²) in [5, 5.41) is 13.6. The fourth-order valence-electron chi connectivity index (χ4n) is 3.12. The molecule has 2 aromatic rings. The van der Waals surface area contributed by atoms with Crippen LogP contribution in [-0.2, 0) is 10.2 Å². The summed E-state index contributed by atoms with van der Waals surface area (Å²) in [7, 11) is 0. The van der Waals surface area contributed by atoms with E-state index in [2.05, 4.69) is 5.10 Å². The molecule has 0 saturated carbocycles. The number of hydrogen-bond acceptors (Lipinski definition) is 2. The van der Waals surface area contributed by atoms with Crippen molar-refractivity contribution in [2.45, 2.75) is 38.5 Å². The molecular formula is C14H15FN2O2. The third kappa shape index (κ3) is 1.57. The van der Waals surface area contributed by atoms with Gasteiger partial charge in [-0.25, -0.2) is 8.91 Å². The van der Waals surface area contributed by atoms with Crippen LogP contribution in [0, 0.1) is 12.7 Å². The molecule has 1 atom stereocenters. The molecule has 0 aromatic carbocycles. The maximum absolute atomic E-state index is 14.1. The standard InChI is InChI=1S/C14H15FN2O2/c1-7-4-11-10(15)5-8-9(13(18)19)6-14(2,3)12(8)17(11)16-7/h4-5,9H,6H2,1-3H3,(H,18,19). The molecule has 0 aliphatic heterocycles. The molecule has 0 radical (unpaired) electrons. The van der Waals surface area contributed by atoms with Crippen molar-refractivity contribution in [3.63, 3.8) is 0 Å². The van der Waals surface area contributed by atoms with Gasteiger partial charge in [-0.05, 0) is 31.0 Å². The summed E-state index contributed by atoms with van der Waals surface area (Å²) >= 11 is 0. The minimum Gasteiger partial charge on any atom is -0.481 e. The van der Waals surface area contributed by atoms with Crippen LogP contribution in [0.3, 0.4) is 0 Å². The summed E-state index contributed by atoms with van der Waals surface area (Å²) in [6.07, 6.45) is 0.467. The predicted molar refractivity (Wildman–Crippen MR) is 67.9 cm³/mol. The summed E-state index contributed by atoms with van der Waals surface area (Å²) < 4.78 is 15.7. The van der Waals surface area contributed by atoms with Gasteiger partial charge in [-0.1, -0.05) is 13.8 Å². The zero-order valence-corrected chi connectivity index (χ0v) is 11.1. The first kappa shape index (κ1) is 12.1. The van der Waals surface area contributed by atoms with E-state index in [-0.39, 0.29) is 5.41 Å². The van der Waals surface area contributed by atoms with Crippen LogP contribution in [0.1, 0.15) is 43.1 Å². The molecule has 0 amide bonds. The molecule has 5 heteroatoms. The Morgan fingerprint density at radius 1 is 1.53 bits per heavy atom. The van der Waals surface area contributed by atoms with E-state index in [1.807, 2.05) is 13.8 Å². The molecule has 1 aliphatic carbocycles. The summed E-state index contributed by atoms with van der Waals surface area (Å²) in [6.45, 7) is 5.75. The van der Waals surface area contributed by atoms with Crippen molar-refractivity contribution in [3.05, 3.63) is 34.9 Å². The second kappa shape index (κ2) is 3.56. The number of aryl methyl sites for hydroxylation is 1. The van der Waals surface area contributed by atoms with Crippen LogP contribution in [0.5, 0.6) is 0 Å². The minimum atomic E-state index is -0.908. The fraction of sp³-hybridized carbons (Fsp3) is 0.429. The molecule has 1 unspecified atom stereocenters. The summed E-state index contributed by atoms with van der Waals surface area (Å²) in [5.74, 6) is -1.98. The van der Waals surface area contributed by atoms with E-state index in [0.717, 1.165) is 11.4 Å². The number of carboxylic acid groups (broad SMARTS) is 1. The second-order valence-corrected chi connectivity index (χ2v) is 5.86. The van der Waals surface area contributed by atoms with Crippen molar-refractivity contribution >= 4 is 11.5 Å². The lowest BCUT2D eigenvalue weighted by atomic mass is 9.89. The number of aliphatic carboxylic acids is 1. The van der Waals surface area contributed by atoms with Gasteiger partial charge >= 0.3 is 5.97 Å². The summed E-state index contributed by atoms with van der Waals surface area (Å²) in [6, 6.07) is 3.04. The Labute approximate surface area is 109 Å². The number of carboxylic acids is 1. The number of pyridine rings is 1. The lowest BCUT2D eigenvalue weighted by molar-refractivity contribution is -0.139. The van der Waals surface area contributed by atoms with E-state index in [0.29, 0.717) is 17.5 Å². The van der Waals surface area contributed by atoms with E-state index in [9.17, 15) is 14.3 Å². The van der Waals surface area contributed by atoms with Crippen LogP contribution in [0.4, 0.5) is 4.39 Å². The zero-order valence-electron chi connectivity index (χ0n) is 11.1. The van der Waals surface area contributed by atoms with Crippen molar-refractivity contribution in [3.8, 4) is 0 Å². The Morgan fingerprint density at radius 2 is 2.21 bits per heavy atom. The minimum absolute atomic E-state index is 0.331. The fourth-order valence-corrected chi connectivity index (χ4v) is 3.12. The highest BCUT2D eigenvalue weighted by atomic mass is 19.1. The smallest absolute Gasteiger partial charge is 0.311 e. The van der Waals surface area contributed by atoms with Crippen molar-refractivity contribution in [2.24, 2.45) is 0 Å². The number of hydrogen-bond donors (Lipinski definition) is 1. The van der Waals surface area contributed by atoms with Gasteiger partial charge in [0.25, 0.3) is 0 Å². The van der Waals surface area contributed by atoms with Gasteiger partial charge in [-0.2, -0.15) is 5.10 Å². The summed E-state index contributed by atoms with van der Waals surface area (Å²) in [4.78, 5) is 11.4. The molecule has 4 nitrogen and oxygen atoms in total. The number of nitrogens with zero attached hydrogens (tertiary/aromatic N) is 2. The first-order chi connectivity index (χ1) is 8.81. The maximum Gasteiger partial charge on any atom is 0.311 e. The van der Waals surface area contributed by atoms with Gasteiger partial charge < -0.3 is 5.11 Å². The van der Waals surface area contributed by atoms with E-state index in [1.165, 1.54) is 6.07 Å². The largest absolute Gasteiger partial charge is 0.481 e. The topological polar surface area (TPSA) is 54.6 Å². The Bertz CT molecular complexity index is 703. The van der Waals surface area contributed by atoms with Gasteiger partial charge in [-0.3, -0.25) is 4.79 Å². The van der Waals surface area contributed by atoms with E-state index in [4.69, 9.17) is 0 Å². The van der Waals surface area contributed by atoms with Crippen molar-refractivity contribution in [2.75, 3.05) is 0 Å². The average Bonchev–Trinajstić information content (AvgIpc) is 2.77. The highest BCUT2D eigenvalue weighted by Gasteiger charge is 2.43. The average molecular weight is 262 g/mol. The van der Waals surface area contributed by atoms with E-state index >= 15 is 0 Å². The quantitative estimate of drug-likeness (QED) is 0.859. The first-order valence-electron chi connectivity index (χ1n) is 6.23. The molecule has 19 heavy (non-hydrogen) atoms. The molecule has 0 bridgehead atoms. The van der Waals surface area contributed by atoms with Crippen LogP contribution >= 0.6 is 0 Å². The Balaban J connectivity index is 2.41. The molecule has 1 aliphatic rings. The molecule has 2 heterocycles. The van der Waals surface area contributed by atoms with Gasteiger partial charge in [-0.15, -0.1) is 0 Å². The highest BCUT2D eigenvalue weighted by molar-refractivity contribution is 5.79. The van der Waals surface area contributed by atoms with Crippen LogP contribution in [-0.4, -0.2) is 20.7 Å². The molecule has 100 valence electrons. The Morgan fingerprint density at radius 3 is 2.84 bits per heavy atom. The normalized spacial score (nSPS) is 20.7. The van der Waals surface area contributed by atoms with Crippen molar-refractivity contribution in [1.29, 1.82) is 0 Å². The number of fused-ring (bicyclic) bond motifs is 3. The Hall–Kier alpha value is -1.91. The summed E-state index contributed by atoms with van der Waals surface area (Å²) in [5.41, 5.74) is 2.16.